The van der Waals surface area contributed by atoms with Crippen LogP contribution in [0.15, 0.2) is 50.7 Å². The van der Waals surface area contributed by atoms with E-state index >= 15 is 0 Å². The van der Waals surface area contributed by atoms with Crippen molar-refractivity contribution in [2.45, 2.75) is 19.7 Å². The molecule has 0 spiro atoms. The number of anilines is 1. The fourth-order valence-corrected chi connectivity index (χ4v) is 3.46. The summed E-state index contributed by atoms with van der Waals surface area (Å²) in [5.41, 5.74) is 0.530. The van der Waals surface area contributed by atoms with Crippen LogP contribution in [0, 0.1) is 6.92 Å². The van der Waals surface area contributed by atoms with Crippen LogP contribution in [0.1, 0.15) is 22.0 Å². The van der Waals surface area contributed by atoms with Gasteiger partial charge in [-0.15, -0.1) is 11.3 Å². The van der Waals surface area contributed by atoms with Gasteiger partial charge in [-0.2, -0.15) is 13.2 Å². The van der Waals surface area contributed by atoms with Crippen LogP contribution >= 0.6 is 27.3 Å². The highest BCUT2D eigenvalue weighted by atomic mass is 79.9. The van der Waals surface area contributed by atoms with Crippen LogP contribution < -0.4 is 9.64 Å². The summed E-state index contributed by atoms with van der Waals surface area (Å²) in [5.74, 6) is -0.244. The quantitative estimate of drug-likeness (QED) is 0.466. The van der Waals surface area contributed by atoms with Crippen LogP contribution in [0.25, 0.3) is 0 Å². The average molecular weight is 475 g/mol. The molecule has 0 N–H and O–H groups in total. The first-order chi connectivity index (χ1) is 13.2. The van der Waals surface area contributed by atoms with E-state index in [2.05, 4.69) is 20.9 Å². The lowest BCUT2D eigenvalue weighted by molar-refractivity contribution is -0.118. The highest BCUT2D eigenvalue weighted by molar-refractivity contribution is 9.10. The molecule has 10 heteroatoms. The molecule has 0 radical (unpaired) electrons. The molecule has 3 aromatic rings. The maximum atomic E-state index is 12.9. The first-order valence-electron chi connectivity index (χ1n) is 7.99. The van der Waals surface area contributed by atoms with Crippen molar-refractivity contribution in [2.24, 2.45) is 0 Å². The molecular weight excluding hydrogens is 461 g/mol. The minimum atomic E-state index is -4.57. The summed E-state index contributed by atoms with van der Waals surface area (Å²) in [6.45, 7) is 0.212. The number of aryl methyl sites for hydroxylation is 1. The summed E-state index contributed by atoms with van der Waals surface area (Å²) in [6.07, 6.45) is -4.57. The monoisotopic (exact) mass is 474 g/mol. The number of rotatable bonds is 6. The number of alkyl halides is 3. The topological polar surface area (TPSA) is 55.6 Å². The van der Waals surface area contributed by atoms with Gasteiger partial charge in [-0.25, -0.2) is 4.98 Å². The second kappa shape index (κ2) is 8.36. The molecule has 0 aliphatic heterocycles. The number of hydrogen-bond donors (Lipinski definition) is 0. The van der Waals surface area contributed by atoms with Crippen LogP contribution in [0.2, 0.25) is 0 Å². The Morgan fingerprint density at radius 1 is 1.32 bits per heavy atom. The van der Waals surface area contributed by atoms with Crippen molar-refractivity contribution in [1.82, 2.24) is 4.98 Å². The van der Waals surface area contributed by atoms with Gasteiger partial charge in [0.15, 0.2) is 10.9 Å². The summed E-state index contributed by atoms with van der Waals surface area (Å²) in [6, 6.07) is 9.95. The molecule has 0 aliphatic rings. The second-order valence-corrected chi connectivity index (χ2v) is 7.54. The van der Waals surface area contributed by atoms with E-state index in [0.29, 0.717) is 22.1 Å². The molecule has 148 valence electrons. The molecule has 1 amide bonds. The van der Waals surface area contributed by atoms with E-state index in [1.54, 1.807) is 30.5 Å². The van der Waals surface area contributed by atoms with Crippen LogP contribution in [-0.2, 0) is 6.61 Å². The zero-order valence-corrected chi connectivity index (χ0v) is 16.9. The van der Waals surface area contributed by atoms with Crippen molar-refractivity contribution in [3.63, 3.8) is 0 Å². The van der Waals surface area contributed by atoms with Gasteiger partial charge in [0.25, 0.3) is 5.91 Å². The standard InChI is InChI=1S/C18H14BrF3N2O3S/c1-11-9-28-17(23-11)24(10-18(20,21)22)16(25)15-6-5-14(27-15)8-26-13-4-2-3-12(19)7-13/h2-7,9H,8,10H2,1H3. The van der Waals surface area contributed by atoms with Gasteiger partial charge >= 0.3 is 6.18 Å². The Morgan fingerprint density at radius 3 is 2.75 bits per heavy atom. The number of hydrogen-bond acceptors (Lipinski definition) is 5. The maximum Gasteiger partial charge on any atom is 0.406 e. The Kier molecular flexibility index (Phi) is 6.09. The van der Waals surface area contributed by atoms with Crippen molar-refractivity contribution < 1.29 is 27.1 Å². The normalized spacial score (nSPS) is 11.5. The maximum absolute atomic E-state index is 12.9. The largest absolute Gasteiger partial charge is 0.486 e. The van der Waals surface area contributed by atoms with Gasteiger partial charge in [0.05, 0.1) is 5.69 Å². The molecular formula is C18H14BrF3N2O3S. The molecule has 0 unspecified atom stereocenters. The van der Waals surface area contributed by atoms with E-state index in [1.807, 2.05) is 6.07 Å². The Bertz CT molecular complexity index is 971. The summed E-state index contributed by atoms with van der Waals surface area (Å²) < 4.78 is 50.6. The predicted molar refractivity (Wildman–Crippen MR) is 102 cm³/mol. The van der Waals surface area contributed by atoms with Crippen molar-refractivity contribution in [2.75, 3.05) is 11.4 Å². The predicted octanol–water partition coefficient (Wildman–Crippen LogP) is 5.60. The van der Waals surface area contributed by atoms with Gasteiger partial charge in [-0.1, -0.05) is 22.0 Å². The van der Waals surface area contributed by atoms with Crippen LogP contribution in [0.3, 0.4) is 0 Å². The lowest BCUT2D eigenvalue weighted by atomic mass is 10.3. The van der Waals surface area contributed by atoms with Gasteiger partial charge in [-0.05, 0) is 37.3 Å². The molecule has 0 saturated carbocycles. The third kappa shape index (κ3) is 5.35. The number of benzene rings is 1. The Morgan fingerprint density at radius 2 is 2.11 bits per heavy atom. The third-order valence-corrected chi connectivity index (χ3v) is 4.94. The molecule has 5 nitrogen and oxygen atoms in total. The molecule has 0 bridgehead atoms. The van der Waals surface area contributed by atoms with Crippen molar-refractivity contribution in [3.8, 4) is 5.75 Å². The van der Waals surface area contributed by atoms with Crippen molar-refractivity contribution >= 4 is 38.3 Å². The summed E-state index contributed by atoms with van der Waals surface area (Å²) in [4.78, 5) is 17.2. The Balaban J connectivity index is 1.74. The van der Waals surface area contributed by atoms with Gasteiger partial charge in [0.1, 0.15) is 24.7 Å². The summed E-state index contributed by atoms with van der Waals surface area (Å²) in [5, 5.41) is 1.54. The number of furan rings is 1. The molecule has 0 saturated heterocycles. The number of ether oxygens (including phenoxy) is 1. The zero-order chi connectivity index (χ0) is 20.3. The molecule has 0 fully saturated rings. The van der Waals surface area contributed by atoms with Gasteiger partial charge in [0.2, 0.25) is 0 Å². The zero-order valence-electron chi connectivity index (χ0n) is 14.5. The van der Waals surface area contributed by atoms with Crippen molar-refractivity contribution in [1.29, 1.82) is 0 Å². The number of thiazole rings is 1. The first kappa shape index (κ1) is 20.4. The third-order valence-electron chi connectivity index (χ3n) is 3.47. The number of carbonyl (C=O) groups is 1. The second-order valence-electron chi connectivity index (χ2n) is 5.79. The summed E-state index contributed by atoms with van der Waals surface area (Å²) >= 11 is 4.28. The lowest BCUT2D eigenvalue weighted by Gasteiger charge is -2.20. The Labute approximate surface area is 170 Å². The van der Waals surface area contributed by atoms with Crippen LogP contribution in [0.5, 0.6) is 5.75 Å². The van der Waals surface area contributed by atoms with Crippen molar-refractivity contribution in [3.05, 3.63) is 63.5 Å². The van der Waals surface area contributed by atoms with E-state index in [9.17, 15) is 18.0 Å². The number of nitrogens with zero attached hydrogens (tertiary/aromatic N) is 2. The smallest absolute Gasteiger partial charge is 0.406 e. The average Bonchev–Trinajstić information content (AvgIpc) is 3.26. The van der Waals surface area contributed by atoms with E-state index < -0.39 is 18.6 Å². The van der Waals surface area contributed by atoms with Crippen LogP contribution in [0.4, 0.5) is 18.3 Å². The van der Waals surface area contributed by atoms with E-state index in [4.69, 9.17) is 9.15 Å². The van der Waals surface area contributed by atoms with Gasteiger partial charge in [0, 0.05) is 9.85 Å². The molecule has 2 aromatic heterocycles. The minimum absolute atomic E-state index is 0.0271. The fraction of sp³-hybridized carbons (Fsp3) is 0.222. The Hall–Kier alpha value is -2.33. The molecule has 2 heterocycles. The molecule has 3 rings (SSSR count). The van der Waals surface area contributed by atoms with Gasteiger partial charge < -0.3 is 9.15 Å². The number of aromatic nitrogens is 1. The molecule has 1 aromatic carbocycles. The lowest BCUT2D eigenvalue weighted by Crippen LogP contribution is -2.39. The molecule has 0 aliphatic carbocycles. The fourth-order valence-electron chi connectivity index (χ4n) is 2.29. The van der Waals surface area contributed by atoms with E-state index in [0.717, 1.165) is 15.8 Å². The highest BCUT2D eigenvalue weighted by Crippen LogP contribution is 2.27. The van der Waals surface area contributed by atoms with Crippen LogP contribution in [-0.4, -0.2) is 23.6 Å². The van der Waals surface area contributed by atoms with Gasteiger partial charge in [-0.3, -0.25) is 9.69 Å². The summed E-state index contributed by atoms with van der Waals surface area (Å²) in [7, 11) is 0. The number of carbonyl (C=O) groups excluding carboxylic acids is 1. The van der Waals surface area contributed by atoms with E-state index in [-0.39, 0.29) is 17.5 Å². The SMILES string of the molecule is Cc1csc(N(CC(F)(F)F)C(=O)c2ccc(COc3cccc(Br)c3)o2)n1. The molecule has 0 atom stereocenters. The number of amides is 1. The highest BCUT2D eigenvalue weighted by Gasteiger charge is 2.36. The first-order valence-corrected chi connectivity index (χ1v) is 9.66. The minimum Gasteiger partial charge on any atom is -0.486 e. The molecule has 28 heavy (non-hydrogen) atoms. The van der Waals surface area contributed by atoms with E-state index in [1.165, 1.54) is 12.1 Å². The number of halogens is 4.